The molecule has 9 heteroatoms. The summed E-state index contributed by atoms with van der Waals surface area (Å²) in [6, 6.07) is 10.8. The first-order valence-electron chi connectivity index (χ1n) is 8.48. The van der Waals surface area contributed by atoms with Gasteiger partial charge in [0.1, 0.15) is 6.61 Å². The number of nitrogens with one attached hydrogen (secondary N) is 1. The van der Waals surface area contributed by atoms with Crippen molar-refractivity contribution in [2.75, 3.05) is 7.11 Å². The van der Waals surface area contributed by atoms with Crippen molar-refractivity contribution in [3.05, 3.63) is 68.2 Å². The molecule has 0 aliphatic rings. The summed E-state index contributed by atoms with van der Waals surface area (Å²) < 4.78 is 13.5. The van der Waals surface area contributed by atoms with E-state index in [1.54, 1.807) is 36.2 Å². The molecule has 0 atom stereocenters. The van der Waals surface area contributed by atoms with Gasteiger partial charge in [0.2, 0.25) is 4.77 Å². The molecule has 3 aromatic rings. The van der Waals surface area contributed by atoms with Crippen molar-refractivity contribution in [1.29, 1.82) is 0 Å². The molecule has 0 unspecified atom stereocenters. The van der Waals surface area contributed by atoms with Crippen molar-refractivity contribution in [3.63, 3.8) is 0 Å². The number of aryl methyl sites for hydroxylation is 1. The van der Waals surface area contributed by atoms with Crippen LogP contribution >= 0.6 is 35.4 Å². The predicted molar refractivity (Wildman–Crippen MR) is 114 cm³/mol. The zero-order chi connectivity index (χ0) is 20.1. The summed E-state index contributed by atoms with van der Waals surface area (Å²) in [6.45, 7) is 2.16. The average molecular weight is 437 g/mol. The van der Waals surface area contributed by atoms with Crippen LogP contribution in [0.1, 0.15) is 23.9 Å². The van der Waals surface area contributed by atoms with E-state index in [9.17, 15) is 0 Å². The SMILES string of the molecule is CCc1n[nH]c(=S)n1/N=C/c1cccc(OC)c1OCc1c(Cl)cccc1Cl. The number of halogens is 2. The number of benzene rings is 2. The normalized spacial score (nSPS) is 11.1. The van der Waals surface area contributed by atoms with Crippen LogP contribution in [0.3, 0.4) is 0 Å². The van der Waals surface area contributed by atoms with Crippen molar-refractivity contribution >= 4 is 41.6 Å². The lowest BCUT2D eigenvalue weighted by Gasteiger charge is -2.14. The molecule has 1 N–H and O–H groups in total. The summed E-state index contributed by atoms with van der Waals surface area (Å²) in [5.74, 6) is 1.82. The average Bonchev–Trinajstić information content (AvgIpc) is 3.05. The fourth-order valence-corrected chi connectivity index (χ4v) is 3.26. The largest absolute Gasteiger partial charge is 0.493 e. The lowest BCUT2D eigenvalue weighted by Crippen LogP contribution is -2.03. The van der Waals surface area contributed by atoms with Crippen molar-refractivity contribution in [1.82, 2.24) is 14.9 Å². The van der Waals surface area contributed by atoms with Crippen molar-refractivity contribution < 1.29 is 9.47 Å². The van der Waals surface area contributed by atoms with Crippen LogP contribution in [0.2, 0.25) is 10.0 Å². The number of hydrogen-bond acceptors (Lipinski definition) is 5. The number of nitrogens with zero attached hydrogens (tertiary/aromatic N) is 3. The Labute approximate surface area is 177 Å². The second-order valence-electron chi connectivity index (χ2n) is 5.72. The molecule has 146 valence electrons. The second-order valence-corrected chi connectivity index (χ2v) is 6.92. The molecule has 6 nitrogen and oxygen atoms in total. The third-order valence-corrected chi connectivity index (χ3v) is 4.97. The number of methoxy groups -OCH3 is 1. The Kier molecular flexibility index (Phi) is 6.72. The van der Waals surface area contributed by atoms with Gasteiger partial charge in [-0.15, -0.1) is 0 Å². The molecule has 28 heavy (non-hydrogen) atoms. The minimum atomic E-state index is 0.186. The Bertz CT molecular complexity index is 1040. The molecule has 0 radical (unpaired) electrons. The summed E-state index contributed by atoms with van der Waals surface area (Å²) in [4.78, 5) is 0. The fourth-order valence-electron chi connectivity index (χ4n) is 2.56. The van der Waals surface area contributed by atoms with Crippen LogP contribution in [0.5, 0.6) is 11.5 Å². The van der Waals surface area contributed by atoms with Gasteiger partial charge >= 0.3 is 0 Å². The monoisotopic (exact) mass is 436 g/mol. The van der Waals surface area contributed by atoms with Gasteiger partial charge in [0.15, 0.2) is 17.3 Å². The van der Waals surface area contributed by atoms with Gasteiger partial charge in [-0.05, 0) is 36.5 Å². The molecule has 0 saturated heterocycles. The van der Waals surface area contributed by atoms with Gasteiger partial charge in [-0.3, -0.25) is 5.10 Å². The van der Waals surface area contributed by atoms with Gasteiger partial charge in [-0.25, -0.2) is 0 Å². The van der Waals surface area contributed by atoms with Crippen LogP contribution in [0, 0.1) is 4.77 Å². The first-order chi connectivity index (χ1) is 13.5. The molecule has 0 aliphatic heterocycles. The van der Waals surface area contributed by atoms with E-state index in [0.717, 1.165) is 5.82 Å². The van der Waals surface area contributed by atoms with Crippen LogP contribution < -0.4 is 9.47 Å². The summed E-state index contributed by atoms with van der Waals surface area (Å²) in [5, 5.41) is 12.4. The number of hydrogen-bond donors (Lipinski definition) is 1. The lowest BCUT2D eigenvalue weighted by molar-refractivity contribution is 0.284. The lowest BCUT2D eigenvalue weighted by atomic mass is 10.2. The van der Waals surface area contributed by atoms with Crippen LogP contribution in [0.15, 0.2) is 41.5 Å². The van der Waals surface area contributed by atoms with E-state index in [1.165, 1.54) is 0 Å². The van der Waals surface area contributed by atoms with Crippen LogP contribution in [0.4, 0.5) is 0 Å². The first-order valence-corrected chi connectivity index (χ1v) is 9.64. The Morgan fingerprint density at radius 3 is 2.61 bits per heavy atom. The van der Waals surface area contributed by atoms with Crippen LogP contribution in [-0.4, -0.2) is 28.2 Å². The molecule has 0 bridgehead atoms. The Morgan fingerprint density at radius 1 is 1.21 bits per heavy atom. The van der Waals surface area contributed by atoms with Crippen LogP contribution in [-0.2, 0) is 13.0 Å². The summed E-state index contributed by atoms with van der Waals surface area (Å²) >= 11 is 17.7. The van der Waals surface area contributed by atoms with E-state index in [2.05, 4.69) is 15.3 Å². The molecule has 0 aliphatic carbocycles. The Hall–Kier alpha value is -2.35. The quantitative estimate of drug-likeness (QED) is 0.404. The van der Waals surface area contributed by atoms with Gasteiger partial charge < -0.3 is 9.47 Å². The minimum Gasteiger partial charge on any atom is -0.493 e. The number of H-pyrrole nitrogens is 1. The second kappa shape index (κ2) is 9.23. The fraction of sp³-hybridized carbons (Fsp3) is 0.211. The molecule has 3 rings (SSSR count). The Balaban J connectivity index is 1.94. The third-order valence-electron chi connectivity index (χ3n) is 4.00. The molecule has 0 amide bonds. The Morgan fingerprint density at radius 2 is 1.93 bits per heavy atom. The van der Waals surface area contributed by atoms with Gasteiger partial charge in [0.05, 0.1) is 13.3 Å². The summed E-state index contributed by atoms with van der Waals surface area (Å²) in [7, 11) is 1.58. The highest BCUT2D eigenvalue weighted by atomic mass is 35.5. The highest BCUT2D eigenvalue weighted by Crippen LogP contribution is 2.33. The summed E-state index contributed by atoms with van der Waals surface area (Å²) in [5.41, 5.74) is 1.41. The highest BCUT2D eigenvalue weighted by molar-refractivity contribution is 7.71. The van der Waals surface area contributed by atoms with Crippen molar-refractivity contribution in [2.24, 2.45) is 5.10 Å². The number of rotatable bonds is 7. The van der Waals surface area contributed by atoms with E-state index in [1.807, 2.05) is 25.1 Å². The topological polar surface area (TPSA) is 64.4 Å². The van der Waals surface area contributed by atoms with Crippen molar-refractivity contribution in [2.45, 2.75) is 20.0 Å². The number of para-hydroxylation sites is 1. The standard InChI is InChI=1S/C19H18Cl2N4O2S/c1-3-17-23-24-19(28)25(17)22-10-12-6-4-9-16(26-2)18(12)27-11-13-14(20)7-5-8-15(13)21/h4-10H,3,11H2,1-2H3,(H,24,28)/b22-10+. The summed E-state index contributed by atoms with van der Waals surface area (Å²) in [6.07, 6.45) is 2.34. The zero-order valence-electron chi connectivity index (χ0n) is 15.3. The number of aromatic amines is 1. The van der Waals surface area contributed by atoms with E-state index in [-0.39, 0.29) is 6.61 Å². The molecule has 1 heterocycles. The maximum Gasteiger partial charge on any atom is 0.216 e. The molecule has 2 aromatic carbocycles. The third kappa shape index (κ3) is 4.38. The molecule has 0 spiro atoms. The molecule has 1 aromatic heterocycles. The predicted octanol–water partition coefficient (Wildman–Crippen LogP) is 5.28. The first kappa shape index (κ1) is 20.4. The van der Waals surface area contributed by atoms with E-state index >= 15 is 0 Å². The molecular weight excluding hydrogens is 419 g/mol. The van der Waals surface area contributed by atoms with Gasteiger partial charge in [0.25, 0.3) is 0 Å². The van der Waals surface area contributed by atoms with E-state index in [4.69, 9.17) is 44.9 Å². The number of ether oxygens (including phenoxy) is 2. The van der Waals surface area contributed by atoms with Crippen LogP contribution in [0.25, 0.3) is 0 Å². The van der Waals surface area contributed by atoms with E-state index < -0.39 is 0 Å². The molecule has 0 saturated carbocycles. The maximum atomic E-state index is 6.24. The number of aromatic nitrogens is 3. The smallest absolute Gasteiger partial charge is 0.216 e. The van der Waals surface area contributed by atoms with Gasteiger partial charge in [0, 0.05) is 27.6 Å². The highest BCUT2D eigenvalue weighted by Gasteiger charge is 2.13. The van der Waals surface area contributed by atoms with E-state index in [0.29, 0.717) is 43.9 Å². The van der Waals surface area contributed by atoms with Crippen molar-refractivity contribution in [3.8, 4) is 11.5 Å². The minimum absolute atomic E-state index is 0.186. The maximum absolute atomic E-state index is 6.24. The zero-order valence-corrected chi connectivity index (χ0v) is 17.6. The van der Waals surface area contributed by atoms with Gasteiger partial charge in [-0.2, -0.15) is 14.9 Å². The molecule has 0 fully saturated rings. The van der Waals surface area contributed by atoms with Gasteiger partial charge in [-0.1, -0.05) is 42.3 Å². The molecular formula is C19H18Cl2N4O2S.